The van der Waals surface area contributed by atoms with Gasteiger partial charge < -0.3 is 4.74 Å². The van der Waals surface area contributed by atoms with Crippen molar-refractivity contribution in [3.63, 3.8) is 0 Å². The lowest BCUT2D eigenvalue weighted by Gasteiger charge is -2.13. The predicted molar refractivity (Wildman–Crippen MR) is 36.7 cm³/mol. The van der Waals surface area contributed by atoms with E-state index in [0.717, 1.165) is 0 Å². The molecule has 0 aliphatic rings. The van der Waals surface area contributed by atoms with E-state index in [0.29, 0.717) is 0 Å². The van der Waals surface area contributed by atoms with E-state index in [2.05, 4.69) is 4.74 Å². The first-order valence-electron chi connectivity index (χ1n) is 3.49. The molecule has 0 amide bonds. The molecule has 0 aliphatic heterocycles. The van der Waals surface area contributed by atoms with Crippen LogP contribution in [0.4, 0.5) is 13.2 Å². The van der Waals surface area contributed by atoms with Crippen LogP contribution < -0.4 is 0 Å². The van der Waals surface area contributed by atoms with Gasteiger partial charge in [0.25, 0.3) is 0 Å². The minimum Gasteiger partial charge on any atom is -0.459 e. The van der Waals surface area contributed by atoms with Crippen LogP contribution in [-0.2, 0) is 9.53 Å². The smallest absolute Gasteiger partial charge is 0.309 e. The lowest BCUT2D eigenvalue weighted by atomic mass is 10.2. The third kappa shape index (κ3) is 4.20. The molecule has 0 saturated heterocycles. The van der Waals surface area contributed by atoms with E-state index in [1.807, 2.05) is 0 Å². The minimum atomic E-state index is -3.55. The summed E-state index contributed by atoms with van der Waals surface area (Å²) in [5.74, 6) is -4.77. The van der Waals surface area contributed by atoms with E-state index in [4.69, 9.17) is 0 Å². The predicted octanol–water partition coefficient (Wildman–Crippen LogP) is 1.79. The topological polar surface area (TPSA) is 26.3 Å². The number of halogens is 3. The Hall–Kier alpha value is -0.740. The molecule has 72 valence electrons. The van der Waals surface area contributed by atoms with E-state index >= 15 is 0 Å². The van der Waals surface area contributed by atoms with Gasteiger partial charge in [0.05, 0.1) is 5.92 Å². The molecular formula is C7H11F3O2. The van der Waals surface area contributed by atoms with E-state index < -0.39 is 31.1 Å². The molecule has 5 heteroatoms. The van der Waals surface area contributed by atoms with E-state index in [1.54, 1.807) is 0 Å². The zero-order chi connectivity index (χ0) is 9.78. The van der Waals surface area contributed by atoms with Gasteiger partial charge in [0.2, 0.25) is 0 Å². The molecule has 0 spiro atoms. The summed E-state index contributed by atoms with van der Waals surface area (Å²) in [6.07, 6.45) is 0. The normalized spacial score (nSPS) is 11.8. The molecule has 0 bridgehead atoms. The van der Waals surface area contributed by atoms with Crippen molar-refractivity contribution in [2.75, 3.05) is 13.3 Å². The summed E-state index contributed by atoms with van der Waals surface area (Å²) in [4.78, 5) is 10.6. The van der Waals surface area contributed by atoms with Gasteiger partial charge in [-0.1, -0.05) is 13.8 Å². The van der Waals surface area contributed by atoms with Crippen molar-refractivity contribution in [2.45, 2.75) is 19.8 Å². The Morgan fingerprint density at radius 3 is 2.33 bits per heavy atom. The number of carbonyl (C=O) groups is 1. The zero-order valence-corrected chi connectivity index (χ0v) is 6.94. The zero-order valence-electron chi connectivity index (χ0n) is 6.94. The highest BCUT2D eigenvalue weighted by Crippen LogP contribution is 2.14. The summed E-state index contributed by atoms with van der Waals surface area (Å²) in [6, 6.07) is 0. The Morgan fingerprint density at radius 2 is 2.00 bits per heavy atom. The first-order valence-corrected chi connectivity index (χ1v) is 3.49. The van der Waals surface area contributed by atoms with Crippen LogP contribution >= 0.6 is 0 Å². The molecule has 0 saturated carbocycles. The fourth-order valence-electron chi connectivity index (χ4n) is 0.382. The van der Waals surface area contributed by atoms with Gasteiger partial charge in [0.15, 0.2) is 13.3 Å². The van der Waals surface area contributed by atoms with Crippen molar-refractivity contribution in [3.05, 3.63) is 0 Å². The molecule has 0 fully saturated rings. The Bertz CT molecular complexity index is 157. The van der Waals surface area contributed by atoms with Crippen molar-refractivity contribution in [2.24, 2.45) is 5.92 Å². The summed E-state index contributed by atoms with van der Waals surface area (Å²) in [5, 5.41) is 0. The molecule has 0 atom stereocenters. The summed E-state index contributed by atoms with van der Waals surface area (Å²) in [5.41, 5.74) is 0. The van der Waals surface area contributed by atoms with E-state index in [9.17, 15) is 18.0 Å². The third-order valence-electron chi connectivity index (χ3n) is 1.09. The van der Waals surface area contributed by atoms with Crippen LogP contribution in [0, 0.1) is 5.92 Å². The van der Waals surface area contributed by atoms with Gasteiger partial charge in [-0.3, -0.25) is 4.79 Å². The van der Waals surface area contributed by atoms with Crippen molar-refractivity contribution in [3.8, 4) is 0 Å². The van der Waals surface area contributed by atoms with Gasteiger partial charge in [0, 0.05) is 0 Å². The van der Waals surface area contributed by atoms with Crippen LogP contribution in [0.3, 0.4) is 0 Å². The Labute approximate surface area is 68.7 Å². The van der Waals surface area contributed by atoms with Crippen LogP contribution in [-0.4, -0.2) is 25.2 Å². The monoisotopic (exact) mass is 184 g/mol. The van der Waals surface area contributed by atoms with E-state index in [1.165, 1.54) is 13.8 Å². The molecule has 0 unspecified atom stereocenters. The molecule has 12 heavy (non-hydrogen) atoms. The molecule has 0 aliphatic carbocycles. The van der Waals surface area contributed by atoms with Gasteiger partial charge in [-0.15, -0.1) is 0 Å². The Balaban J connectivity index is 3.76. The molecule has 0 rings (SSSR count). The quantitative estimate of drug-likeness (QED) is 0.622. The molecular weight excluding hydrogens is 173 g/mol. The molecule has 0 aromatic rings. The average Bonchev–Trinajstić information content (AvgIpc) is 2.00. The summed E-state index contributed by atoms with van der Waals surface area (Å²) >= 11 is 0. The highest BCUT2D eigenvalue weighted by Gasteiger charge is 2.31. The van der Waals surface area contributed by atoms with Crippen molar-refractivity contribution in [1.29, 1.82) is 0 Å². The maximum atomic E-state index is 12.1. The van der Waals surface area contributed by atoms with Crippen molar-refractivity contribution in [1.82, 2.24) is 0 Å². The second-order valence-corrected chi connectivity index (χ2v) is 2.75. The molecule has 0 radical (unpaired) electrons. The van der Waals surface area contributed by atoms with E-state index in [-0.39, 0.29) is 0 Å². The standard InChI is InChI=1S/C7H11F3O2/c1-5(2)6(11)12-4-7(9,10)3-8/h5H,3-4H2,1-2H3. The summed E-state index contributed by atoms with van der Waals surface area (Å²) < 4.78 is 39.9. The second-order valence-electron chi connectivity index (χ2n) is 2.75. The number of ether oxygens (including phenoxy) is 1. The van der Waals surface area contributed by atoms with Crippen LogP contribution in [0.5, 0.6) is 0 Å². The summed E-state index contributed by atoms with van der Waals surface area (Å²) in [6.45, 7) is 0.0325. The van der Waals surface area contributed by atoms with Crippen molar-refractivity contribution >= 4 is 5.97 Å². The van der Waals surface area contributed by atoms with Gasteiger partial charge in [0.1, 0.15) is 0 Å². The Morgan fingerprint density at radius 1 is 1.50 bits per heavy atom. The fraction of sp³-hybridized carbons (Fsp3) is 0.857. The fourth-order valence-corrected chi connectivity index (χ4v) is 0.382. The minimum absolute atomic E-state index is 0.472. The molecule has 0 heterocycles. The SMILES string of the molecule is CC(C)C(=O)OCC(F)(F)CF. The number of hydrogen-bond donors (Lipinski definition) is 0. The largest absolute Gasteiger partial charge is 0.459 e. The number of hydrogen-bond acceptors (Lipinski definition) is 2. The van der Waals surface area contributed by atoms with Crippen LogP contribution in [0.15, 0.2) is 0 Å². The molecule has 0 aromatic carbocycles. The lowest BCUT2D eigenvalue weighted by Crippen LogP contribution is -2.29. The van der Waals surface area contributed by atoms with Gasteiger partial charge in [-0.2, -0.15) is 8.78 Å². The van der Waals surface area contributed by atoms with Crippen LogP contribution in [0.2, 0.25) is 0 Å². The molecule has 2 nitrogen and oxygen atoms in total. The first kappa shape index (κ1) is 11.3. The number of alkyl halides is 3. The lowest BCUT2D eigenvalue weighted by molar-refractivity contribution is -0.160. The maximum absolute atomic E-state index is 12.1. The highest BCUT2D eigenvalue weighted by molar-refractivity contribution is 5.71. The van der Waals surface area contributed by atoms with Gasteiger partial charge in [-0.25, -0.2) is 4.39 Å². The van der Waals surface area contributed by atoms with Gasteiger partial charge >= 0.3 is 11.9 Å². The van der Waals surface area contributed by atoms with Crippen molar-refractivity contribution < 1.29 is 22.7 Å². The number of rotatable bonds is 4. The van der Waals surface area contributed by atoms with Crippen LogP contribution in [0.1, 0.15) is 13.8 Å². The maximum Gasteiger partial charge on any atom is 0.309 e. The average molecular weight is 184 g/mol. The molecule has 0 N–H and O–H groups in total. The number of carbonyl (C=O) groups excluding carboxylic acids is 1. The third-order valence-corrected chi connectivity index (χ3v) is 1.09. The van der Waals surface area contributed by atoms with Crippen LogP contribution in [0.25, 0.3) is 0 Å². The summed E-state index contributed by atoms with van der Waals surface area (Å²) in [7, 11) is 0. The second kappa shape index (κ2) is 4.33. The Kier molecular flexibility index (Phi) is 4.06. The number of esters is 1. The molecule has 0 aromatic heterocycles. The highest BCUT2D eigenvalue weighted by atomic mass is 19.3. The van der Waals surface area contributed by atoms with Gasteiger partial charge in [-0.05, 0) is 0 Å². The first-order chi connectivity index (χ1) is 5.39.